The van der Waals surface area contributed by atoms with E-state index < -0.39 is 31.3 Å². The smallest absolute Gasteiger partial charge is 0.485 e. The molecule has 0 N–H and O–H groups in total. The van der Waals surface area contributed by atoms with Crippen LogP contribution in [-0.2, 0) is 46.4 Å². The van der Waals surface area contributed by atoms with Gasteiger partial charge in [0.15, 0.2) is 20.2 Å². The van der Waals surface area contributed by atoms with Crippen molar-refractivity contribution in [3.8, 4) is 0 Å². The zero-order chi connectivity index (χ0) is 28.8. The summed E-state index contributed by atoms with van der Waals surface area (Å²) in [5.74, 6) is 0. The minimum atomic E-state index is -6.09. The van der Waals surface area contributed by atoms with Gasteiger partial charge in [-0.2, -0.15) is 26.3 Å². The van der Waals surface area contributed by atoms with Crippen LogP contribution in [0.5, 0.6) is 0 Å². The molecule has 0 aromatic heterocycles. The van der Waals surface area contributed by atoms with Crippen LogP contribution in [0.4, 0.5) is 26.3 Å². The Bertz CT molecular complexity index is 927. The topological polar surface area (TPSA) is 114 Å². The van der Waals surface area contributed by atoms with Crippen LogP contribution in [0.15, 0.2) is 46.6 Å². The second-order valence-corrected chi connectivity index (χ2v) is 10.7. The molecule has 0 bridgehead atoms. The molecule has 0 atom stereocenters. The first-order valence-corrected chi connectivity index (χ1v) is 13.7. The van der Waals surface area contributed by atoms with Crippen molar-refractivity contribution in [3.05, 3.63) is 46.6 Å². The summed E-state index contributed by atoms with van der Waals surface area (Å²) in [6, 6.07) is 0. The van der Waals surface area contributed by atoms with E-state index in [1.54, 1.807) is 11.1 Å². The maximum Gasteiger partial charge on any atom is 0.485 e. The Balaban J connectivity index is -0.000000416. The quantitative estimate of drug-likeness (QED) is 0.172. The number of hydrogen-bond donors (Lipinski definition) is 0. The average Bonchev–Trinajstić information content (AvgIpc) is 3.31. The zero-order valence-corrected chi connectivity index (χ0v) is 25.1. The molecule has 0 saturated heterocycles. The van der Waals surface area contributed by atoms with Crippen molar-refractivity contribution in [3.63, 3.8) is 0 Å². The molecule has 2 rings (SSSR count). The molecule has 2 aliphatic carbocycles. The van der Waals surface area contributed by atoms with Crippen molar-refractivity contribution in [1.29, 1.82) is 0 Å². The van der Waals surface area contributed by atoms with Crippen LogP contribution < -0.4 is 0 Å². The van der Waals surface area contributed by atoms with Crippen molar-refractivity contribution >= 4 is 20.2 Å². The third kappa shape index (κ3) is 20.8. The summed E-state index contributed by atoms with van der Waals surface area (Å²) in [5.41, 5.74) is -5.14. The van der Waals surface area contributed by atoms with Crippen molar-refractivity contribution in [2.24, 2.45) is 0 Å². The summed E-state index contributed by atoms with van der Waals surface area (Å²) in [5, 5.41) is 0. The van der Waals surface area contributed by atoms with Crippen LogP contribution in [0.1, 0.15) is 79.1 Å². The van der Waals surface area contributed by atoms with Gasteiger partial charge >= 0.3 is 11.0 Å². The van der Waals surface area contributed by atoms with E-state index in [1.807, 2.05) is 0 Å². The molecule has 0 heterocycles. The molecule has 0 aliphatic heterocycles. The fourth-order valence-electron chi connectivity index (χ4n) is 2.56. The second-order valence-electron chi connectivity index (χ2n) is 7.95. The van der Waals surface area contributed by atoms with Crippen LogP contribution in [-0.4, -0.2) is 37.0 Å². The third-order valence-corrected chi connectivity index (χ3v) is 5.57. The minimum absolute atomic E-state index is 0. The van der Waals surface area contributed by atoms with Gasteiger partial charge in [-0.1, -0.05) is 73.3 Å². The van der Waals surface area contributed by atoms with Gasteiger partial charge in [-0.3, -0.25) is 0 Å². The van der Waals surface area contributed by atoms with E-state index in [-0.39, 0.29) is 26.2 Å². The summed E-state index contributed by atoms with van der Waals surface area (Å²) in [6.45, 7) is 8.89. The van der Waals surface area contributed by atoms with Crippen molar-refractivity contribution in [2.75, 3.05) is 0 Å². The fraction of sp³-hybridized carbons (Fsp3) is 0.636. The molecule has 2 aliphatic rings. The molecule has 0 aromatic rings. The summed E-state index contributed by atoms with van der Waals surface area (Å²) >= 11 is 0. The first kappa shape index (κ1) is 40.7. The monoisotopic (exact) mass is 660 g/mol. The summed E-state index contributed by atoms with van der Waals surface area (Å²) < 4.78 is 118. The molecule has 37 heavy (non-hydrogen) atoms. The molecule has 0 radical (unpaired) electrons. The first-order chi connectivity index (χ1) is 16.2. The molecule has 0 unspecified atom stereocenters. The van der Waals surface area contributed by atoms with Gasteiger partial charge in [-0.15, -0.1) is 0 Å². The fourth-order valence-corrected chi connectivity index (χ4v) is 2.56. The molecule has 0 spiro atoms. The first-order valence-electron chi connectivity index (χ1n) is 10.9. The van der Waals surface area contributed by atoms with Gasteiger partial charge in [-0.05, 0) is 52.4 Å². The summed E-state index contributed by atoms with van der Waals surface area (Å²) in [6.07, 6.45) is 19.6. The van der Waals surface area contributed by atoms with E-state index in [1.165, 1.54) is 62.5 Å². The van der Waals surface area contributed by atoms with Gasteiger partial charge in [-0.25, -0.2) is 16.8 Å². The second kappa shape index (κ2) is 18.5. The van der Waals surface area contributed by atoms with Gasteiger partial charge in [0.1, 0.15) is 0 Å². The molecule has 15 heteroatoms. The van der Waals surface area contributed by atoms with E-state index in [4.69, 9.17) is 25.9 Å². The van der Waals surface area contributed by atoms with Gasteiger partial charge in [0, 0.05) is 26.2 Å². The number of halogens is 6. The third-order valence-electron chi connectivity index (χ3n) is 4.44. The van der Waals surface area contributed by atoms with E-state index in [0.29, 0.717) is 0 Å². The van der Waals surface area contributed by atoms with Gasteiger partial charge in [0.25, 0.3) is 0 Å². The van der Waals surface area contributed by atoms with Crippen LogP contribution in [0.3, 0.4) is 0 Å². The van der Waals surface area contributed by atoms with E-state index in [9.17, 15) is 26.3 Å². The Labute approximate surface area is 234 Å². The van der Waals surface area contributed by atoms with Crippen molar-refractivity contribution < 1.29 is 78.5 Å². The molecular weight excluding hydrogens is 630 g/mol. The Morgan fingerprint density at radius 2 is 0.946 bits per heavy atom. The molecule has 0 saturated carbocycles. The standard InChI is InChI=1S/2C10H16.2CHF3O3S.Zr/c2*1-3-4-5-10-7-6-9(2)8-10;2*2-1(3,4)8(5,6)7;/h2*7-8H,3-6H2,1-2H3;2*(H,5,6,7);/p-2. The molecule has 0 amide bonds. The minimum Gasteiger partial charge on any atom is -0.741 e. The molecule has 0 aromatic carbocycles. The maximum absolute atomic E-state index is 10.7. The van der Waals surface area contributed by atoms with E-state index >= 15 is 0 Å². The predicted molar refractivity (Wildman–Crippen MR) is 123 cm³/mol. The number of unbranched alkanes of at least 4 members (excludes halogenated alkanes) is 2. The zero-order valence-electron chi connectivity index (χ0n) is 21.0. The summed E-state index contributed by atoms with van der Waals surface area (Å²) in [7, 11) is -12.2. The van der Waals surface area contributed by atoms with Crippen molar-refractivity contribution in [2.45, 2.75) is 90.1 Å². The van der Waals surface area contributed by atoms with Crippen LogP contribution in [0, 0.1) is 0 Å². The maximum atomic E-state index is 10.7. The normalized spacial score (nSPS) is 15.2. The summed E-state index contributed by atoms with van der Waals surface area (Å²) in [4.78, 5) is 0. The van der Waals surface area contributed by atoms with Crippen LogP contribution >= 0.6 is 0 Å². The molecule has 6 nitrogen and oxygen atoms in total. The predicted octanol–water partition coefficient (Wildman–Crippen LogP) is 7.01. The van der Waals surface area contributed by atoms with Gasteiger partial charge in [0.05, 0.1) is 0 Å². The number of rotatable bonds is 6. The molecular formula is C22H32F6O6S2Zr-2. The molecule has 216 valence electrons. The van der Waals surface area contributed by atoms with E-state index in [0.717, 1.165) is 0 Å². The largest absolute Gasteiger partial charge is 0.741 e. The number of alkyl halides is 6. The number of hydrogen-bond acceptors (Lipinski definition) is 6. The van der Waals surface area contributed by atoms with Gasteiger partial charge < -0.3 is 9.11 Å². The Morgan fingerprint density at radius 3 is 1.08 bits per heavy atom. The van der Waals surface area contributed by atoms with Crippen molar-refractivity contribution in [1.82, 2.24) is 0 Å². The Kier molecular flexibility index (Phi) is 20.4. The average molecular weight is 662 g/mol. The SMILES string of the molecule is CCCCC1=CCC(C)=C1.CCCCC1=CCC(C)=C1.O=S(=O)([O-])C(F)(F)F.O=S(=O)([O-])C(F)(F)F.[Zr]. The number of allylic oxidation sites excluding steroid dienone is 8. The molecule has 0 fully saturated rings. The Morgan fingerprint density at radius 1 is 0.703 bits per heavy atom. The van der Waals surface area contributed by atoms with E-state index in [2.05, 4.69) is 52.0 Å². The van der Waals surface area contributed by atoms with Crippen LogP contribution in [0.25, 0.3) is 0 Å². The van der Waals surface area contributed by atoms with Crippen LogP contribution in [0.2, 0.25) is 0 Å². The van der Waals surface area contributed by atoms with Gasteiger partial charge in [0.2, 0.25) is 0 Å². The Hall–Kier alpha value is -0.757.